The van der Waals surface area contributed by atoms with Gasteiger partial charge in [-0.3, -0.25) is 9.59 Å². The highest BCUT2D eigenvalue weighted by atomic mass is 35.5. The molecule has 1 N–H and O–H groups in total. The molecule has 37 heavy (non-hydrogen) atoms. The SMILES string of the molecule is CC[C@@H](C)NC(=O)[C@@H](Cc1ccccc1)N(Cc1ccccc1F)C(=O)CSCc1c(Cl)cccc1Cl. The van der Waals surface area contributed by atoms with Gasteiger partial charge in [0.15, 0.2) is 0 Å². The molecule has 0 aliphatic heterocycles. The highest BCUT2D eigenvalue weighted by Gasteiger charge is 2.31. The largest absolute Gasteiger partial charge is 0.352 e. The van der Waals surface area contributed by atoms with Crippen LogP contribution in [0.2, 0.25) is 10.0 Å². The molecule has 0 aromatic heterocycles. The summed E-state index contributed by atoms with van der Waals surface area (Å²) in [7, 11) is 0. The molecule has 0 radical (unpaired) electrons. The quantitative estimate of drug-likeness (QED) is 0.261. The van der Waals surface area contributed by atoms with Crippen molar-refractivity contribution in [1.29, 1.82) is 0 Å². The standard InChI is InChI=1S/C29H31Cl2FN2O2S/c1-3-20(2)33-29(36)27(16-21-10-5-4-6-11-21)34(17-22-12-7-8-15-26(22)32)28(35)19-37-18-23-24(30)13-9-14-25(23)31/h4-15,20,27H,3,16-19H2,1-2H3,(H,33,36)/t20-,27-/m1/s1. The van der Waals surface area contributed by atoms with Crippen molar-refractivity contribution in [2.24, 2.45) is 0 Å². The molecule has 4 nitrogen and oxygen atoms in total. The molecule has 0 bridgehead atoms. The molecule has 0 unspecified atom stereocenters. The smallest absolute Gasteiger partial charge is 0.243 e. The first-order valence-corrected chi connectivity index (χ1v) is 14.1. The zero-order valence-corrected chi connectivity index (χ0v) is 23.3. The Kier molecular flexibility index (Phi) is 11.3. The van der Waals surface area contributed by atoms with Crippen LogP contribution < -0.4 is 5.32 Å². The van der Waals surface area contributed by atoms with Crippen molar-refractivity contribution in [3.05, 3.63) is 105 Å². The average molecular weight is 562 g/mol. The van der Waals surface area contributed by atoms with Crippen LogP contribution in [-0.2, 0) is 28.3 Å². The first-order valence-electron chi connectivity index (χ1n) is 12.2. The fourth-order valence-electron chi connectivity index (χ4n) is 3.80. The Morgan fingerprint density at radius 1 is 0.973 bits per heavy atom. The Morgan fingerprint density at radius 3 is 2.27 bits per heavy atom. The molecule has 2 atom stereocenters. The molecule has 0 fully saturated rings. The summed E-state index contributed by atoms with van der Waals surface area (Å²) in [6.07, 6.45) is 1.06. The molecular formula is C29H31Cl2FN2O2S. The van der Waals surface area contributed by atoms with E-state index in [4.69, 9.17) is 23.2 Å². The Bertz CT molecular complexity index is 1180. The molecule has 196 valence electrons. The third-order valence-electron chi connectivity index (χ3n) is 6.10. The number of benzene rings is 3. The van der Waals surface area contributed by atoms with Gasteiger partial charge in [-0.25, -0.2) is 4.39 Å². The average Bonchev–Trinajstić information content (AvgIpc) is 2.89. The minimum atomic E-state index is -0.812. The molecule has 0 saturated carbocycles. The van der Waals surface area contributed by atoms with Gasteiger partial charge >= 0.3 is 0 Å². The molecular weight excluding hydrogens is 530 g/mol. The van der Waals surface area contributed by atoms with Gasteiger partial charge in [-0.2, -0.15) is 0 Å². The van der Waals surface area contributed by atoms with Crippen molar-refractivity contribution in [2.75, 3.05) is 5.75 Å². The molecule has 0 aliphatic carbocycles. The number of carbonyl (C=O) groups excluding carboxylic acids is 2. The molecule has 3 rings (SSSR count). The van der Waals surface area contributed by atoms with Crippen LogP contribution in [0.15, 0.2) is 72.8 Å². The Hall–Kier alpha value is -2.54. The van der Waals surface area contributed by atoms with Crippen LogP contribution in [0.3, 0.4) is 0 Å². The lowest BCUT2D eigenvalue weighted by molar-refractivity contribution is -0.139. The van der Waals surface area contributed by atoms with Gasteiger partial charge in [0.1, 0.15) is 11.9 Å². The highest BCUT2D eigenvalue weighted by molar-refractivity contribution is 7.99. The minimum absolute atomic E-state index is 0.0235. The van der Waals surface area contributed by atoms with Crippen LogP contribution in [0.5, 0.6) is 0 Å². The molecule has 0 heterocycles. The van der Waals surface area contributed by atoms with Crippen molar-refractivity contribution in [3.63, 3.8) is 0 Å². The molecule has 0 aliphatic rings. The monoisotopic (exact) mass is 560 g/mol. The van der Waals surface area contributed by atoms with E-state index >= 15 is 0 Å². The number of hydrogen-bond donors (Lipinski definition) is 1. The number of hydrogen-bond acceptors (Lipinski definition) is 3. The number of amides is 2. The van der Waals surface area contributed by atoms with E-state index in [1.807, 2.05) is 44.2 Å². The van der Waals surface area contributed by atoms with Crippen molar-refractivity contribution >= 4 is 46.8 Å². The van der Waals surface area contributed by atoms with Gasteiger partial charge in [-0.05, 0) is 42.7 Å². The molecule has 0 saturated heterocycles. The maximum atomic E-state index is 14.7. The maximum Gasteiger partial charge on any atom is 0.243 e. The van der Waals surface area contributed by atoms with E-state index < -0.39 is 11.9 Å². The normalized spacial score (nSPS) is 12.6. The van der Waals surface area contributed by atoms with Gasteiger partial charge < -0.3 is 10.2 Å². The van der Waals surface area contributed by atoms with Crippen LogP contribution in [0.4, 0.5) is 4.39 Å². The fraction of sp³-hybridized carbons (Fsp3) is 0.310. The third kappa shape index (κ3) is 8.49. The first-order chi connectivity index (χ1) is 17.8. The lowest BCUT2D eigenvalue weighted by Crippen LogP contribution is -2.52. The van der Waals surface area contributed by atoms with E-state index in [1.165, 1.54) is 22.7 Å². The van der Waals surface area contributed by atoms with Crippen molar-refractivity contribution in [1.82, 2.24) is 10.2 Å². The van der Waals surface area contributed by atoms with Crippen LogP contribution in [0, 0.1) is 5.82 Å². The minimum Gasteiger partial charge on any atom is -0.352 e. The van der Waals surface area contributed by atoms with Gasteiger partial charge in [0.05, 0.1) is 5.75 Å². The van der Waals surface area contributed by atoms with E-state index in [9.17, 15) is 14.0 Å². The number of nitrogens with one attached hydrogen (secondary N) is 1. The molecule has 3 aromatic rings. The predicted octanol–water partition coefficient (Wildman–Crippen LogP) is 6.92. The van der Waals surface area contributed by atoms with Gasteiger partial charge in [-0.1, -0.05) is 84.7 Å². The third-order valence-corrected chi connectivity index (χ3v) is 7.76. The number of nitrogens with zero attached hydrogens (tertiary/aromatic N) is 1. The van der Waals surface area contributed by atoms with Crippen LogP contribution >= 0.6 is 35.0 Å². The van der Waals surface area contributed by atoms with Crippen LogP contribution in [-0.4, -0.2) is 34.6 Å². The highest BCUT2D eigenvalue weighted by Crippen LogP contribution is 2.28. The van der Waals surface area contributed by atoms with E-state index in [0.29, 0.717) is 27.8 Å². The first kappa shape index (κ1) is 29.0. The Balaban J connectivity index is 1.89. The summed E-state index contributed by atoms with van der Waals surface area (Å²) in [5.74, 6) is -0.437. The lowest BCUT2D eigenvalue weighted by Gasteiger charge is -2.32. The molecule has 2 amide bonds. The summed E-state index contributed by atoms with van der Waals surface area (Å²) in [6.45, 7) is 3.88. The second-order valence-electron chi connectivity index (χ2n) is 8.83. The van der Waals surface area contributed by atoms with Crippen molar-refractivity contribution < 1.29 is 14.0 Å². The van der Waals surface area contributed by atoms with E-state index in [-0.39, 0.29) is 30.2 Å². The lowest BCUT2D eigenvalue weighted by atomic mass is 10.0. The van der Waals surface area contributed by atoms with Gasteiger partial charge in [0.25, 0.3) is 0 Å². The van der Waals surface area contributed by atoms with E-state index in [1.54, 1.807) is 36.4 Å². The maximum absolute atomic E-state index is 14.7. The van der Waals surface area contributed by atoms with E-state index in [2.05, 4.69) is 5.32 Å². The zero-order valence-electron chi connectivity index (χ0n) is 20.9. The van der Waals surface area contributed by atoms with Gasteiger partial charge in [-0.15, -0.1) is 11.8 Å². The second-order valence-corrected chi connectivity index (χ2v) is 10.6. The Labute approximate surface area is 232 Å². The topological polar surface area (TPSA) is 49.4 Å². The predicted molar refractivity (Wildman–Crippen MR) is 151 cm³/mol. The van der Waals surface area contributed by atoms with Gasteiger partial charge in [0.2, 0.25) is 11.8 Å². The Morgan fingerprint density at radius 2 is 1.62 bits per heavy atom. The summed E-state index contributed by atoms with van der Waals surface area (Å²) < 4.78 is 14.7. The molecule has 0 spiro atoms. The number of rotatable bonds is 12. The fourth-order valence-corrected chi connectivity index (χ4v) is 5.45. The summed E-state index contributed by atoms with van der Waals surface area (Å²) in [5, 5.41) is 4.08. The number of halogens is 3. The molecule has 8 heteroatoms. The van der Waals surface area contributed by atoms with E-state index in [0.717, 1.165) is 17.5 Å². The molecule has 3 aromatic carbocycles. The van der Waals surface area contributed by atoms with Crippen LogP contribution in [0.1, 0.15) is 37.0 Å². The van der Waals surface area contributed by atoms with Crippen molar-refractivity contribution in [2.45, 2.75) is 51.1 Å². The summed E-state index contributed by atoms with van der Waals surface area (Å²) in [4.78, 5) is 28.6. The number of thioether (sulfide) groups is 1. The number of carbonyl (C=O) groups is 2. The van der Waals surface area contributed by atoms with Crippen LogP contribution in [0.25, 0.3) is 0 Å². The zero-order chi connectivity index (χ0) is 26.8. The van der Waals surface area contributed by atoms with Crippen molar-refractivity contribution in [3.8, 4) is 0 Å². The summed E-state index contributed by atoms with van der Waals surface area (Å²) in [5.41, 5.74) is 2.01. The summed E-state index contributed by atoms with van der Waals surface area (Å²) in [6, 6.07) is 20.3. The second kappa shape index (κ2) is 14.4. The van der Waals surface area contributed by atoms with Gasteiger partial charge in [0, 0.05) is 40.4 Å². The summed E-state index contributed by atoms with van der Waals surface area (Å²) >= 11 is 13.9.